The molecular formula is C28H30N2O3. The second-order valence-corrected chi connectivity index (χ2v) is 8.76. The fourth-order valence-corrected chi connectivity index (χ4v) is 4.54. The molecule has 0 saturated carbocycles. The molecule has 2 unspecified atom stereocenters. The summed E-state index contributed by atoms with van der Waals surface area (Å²) in [6.45, 7) is 5.90. The van der Waals surface area contributed by atoms with Crippen LogP contribution in [-0.4, -0.2) is 25.0 Å². The van der Waals surface area contributed by atoms with Gasteiger partial charge in [0.15, 0.2) is 0 Å². The summed E-state index contributed by atoms with van der Waals surface area (Å²) in [4.78, 5) is 30.7. The Morgan fingerprint density at radius 2 is 1.58 bits per heavy atom. The molecule has 2 amide bonds. The third-order valence-corrected chi connectivity index (χ3v) is 6.19. The zero-order chi connectivity index (χ0) is 23.5. The first-order valence-corrected chi connectivity index (χ1v) is 11.4. The van der Waals surface area contributed by atoms with Crippen molar-refractivity contribution in [3.05, 3.63) is 90.0 Å². The van der Waals surface area contributed by atoms with Gasteiger partial charge in [0.1, 0.15) is 5.75 Å². The van der Waals surface area contributed by atoms with Crippen LogP contribution in [0.5, 0.6) is 5.75 Å². The summed E-state index contributed by atoms with van der Waals surface area (Å²) in [6.07, 6.45) is 0.639. The van der Waals surface area contributed by atoms with Crippen LogP contribution in [0.15, 0.2) is 78.9 Å². The summed E-state index contributed by atoms with van der Waals surface area (Å²) < 4.78 is 5.33. The van der Waals surface area contributed by atoms with E-state index in [-0.39, 0.29) is 29.8 Å². The van der Waals surface area contributed by atoms with Crippen LogP contribution in [0.2, 0.25) is 0 Å². The van der Waals surface area contributed by atoms with E-state index in [1.54, 1.807) is 7.11 Å². The van der Waals surface area contributed by atoms with Crippen LogP contribution in [0.25, 0.3) is 0 Å². The van der Waals surface area contributed by atoms with E-state index >= 15 is 0 Å². The molecule has 0 aliphatic carbocycles. The number of anilines is 2. The molecule has 0 N–H and O–H groups in total. The van der Waals surface area contributed by atoms with E-state index in [4.69, 9.17) is 4.74 Å². The monoisotopic (exact) mass is 442 g/mol. The van der Waals surface area contributed by atoms with Gasteiger partial charge in [-0.1, -0.05) is 50.2 Å². The molecule has 0 saturated heterocycles. The molecule has 1 aliphatic heterocycles. The number of carbonyl (C=O) groups is 2. The van der Waals surface area contributed by atoms with Gasteiger partial charge < -0.3 is 14.5 Å². The molecule has 0 fully saturated rings. The van der Waals surface area contributed by atoms with Gasteiger partial charge in [0.25, 0.3) is 5.91 Å². The van der Waals surface area contributed by atoms with Gasteiger partial charge in [0.2, 0.25) is 5.91 Å². The molecule has 33 heavy (non-hydrogen) atoms. The molecule has 2 atom stereocenters. The van der Waals surface area contributed by atoms with Crippen molar-refractivity contribution < 1.29 is 14.3 Å². The predicted octanol–water partition coefficient (Wildman–Crippen LogP) is 5.86. The number of rotatable bonds is 5. The summed E-state index contributed by atoms with van der Waals surface area (Å²) in [5.41, 5.74) is 3.27. The maximum atomic E-state index is 13.9. The topological polar surface area (TPSA) is 49.9 Å². The van der Waals surface area contributed by atoms with Gasteiger partial charge >= 0.3 is 0 Å². The first kappa shape index (κ1) is 22.6. The first-order valence-electron chi connectivity index (χ1n) is 11.4. The average Bonchev–Trinajstić information content (AvgIpc) is 2.84. The average molecular weight is 443 g/mol. The molecule has 170 valence electrons. The maximum absolute atomic E-state index is 13.9. The summed E-state index contributed by atoms with van der Waals surface area (Å²) in [5.74, 6) is 0.646. The minimum atomic E-state index is -0.214. The second-order valence-electron chi connectivity index (χ2n) is 8.76. The molecule has 3 aromatic rings. The Labute approximate surface area is 195 Å². The van der Waals surface area contributed by atoms with Crippen molar-refractivity contribution in [3.63, 3.8) is 0 Å². The Kier molecular flexibility index (Phi) is 6.50. The van der Waals surface area contributed by atoms with Crippen LogP contribution in [0.1, 0.15) is 49.2 Å². The van der Waals surface area contributed by atoms with E-state index in [0.29, 0.717) is 12.0 Å². The van der Waals surface area contributed by atoms with Gasteiger partial charge in [0.05, 0.1) is 13.2 Å². The van der Waals surface area contributed by atoms with Crippen molar-refractivity contribution in [1.82, 2.24) is 0 Å². The van der Waals surface area contributed by atoms with Gasteiger partial charge in [-0.3, -0.25) is 9.59 Å². The lowest BCUT2D eigenvalue weighted by molar-refractivity contribution is -0.122. The Bertz CT molecular complexity index is 1130. The highest BCUT2D eigenvalue weighted by Gasteiger charge is 2.39. The summed E-state index contributed by atoms with van der Waals surface area (Å²) >= 11 is 0. The van der Waals surface area contributed by atoms with E-state index in [1.807, 2.05) is 103 Å². The zero-order valence-corrected chi connectivity index (χ0v) is 19.6. The third kappa shape index (κ3) is 4.36. The molecule has 5 nitrogen and oxygen atoms in total. The van der Waals surface area contributed by atoms with E-state index in [9.17, 15) is 9.59 Å². The highest BCUT2D eigenvalue weighted by molar-refractivity contribution is 6.07. The van der Waals surface area contributed by atoms with E-state index < -0.39 is 0 Å². The third-order valence-electron chi connectivity index (χ3n) is 6.19. The van der Waals surface area contributed by atoms with Crippen molar-refractivity contribution >= 4 is 23.2 Å². The minimum Gasteiger partial charge on any atom is -0.497 e. The lowest BCUT2D eigenvalue weighted by atomic mass is 9.88. The highest BCUT2D eigenvalue weighted by Crippen LogP contribution is 2.43. The SMILES string of the molecule is COc1ccc(N(C(=O)c2ccccc2)C2CC(C)N(C(=O)C(C)C)c3ccccc32)cc1. The summed E-state index contributed by atoms with van der Waals surface area (Å²) in [7, 11) is 1.63. The highest BCUT2D eigenvalue weighted by atomic mass is 16.5. The largest absolute Gasteiger partial charge is 0.497 e. The van der Waals surface area contributed by atoms with Gasteiger partial charge in [-0.15, -0.1) is 0 Å². The number of benzene rings is 3. The Balaban J connectivity index is 1.84. The minimum absolute atomic E-state index is 0.0517. The number of fused-ring (bicyclic) bond motifs is 1. The lowest BCUT2D eigenvalue weighted by Gasteiger charge is -2.44. The number of amides is 2. The Morgan fingerprint density at radius 3 is 2.21 bits per heavy atom. The fraction of sp³-hybridized carbons (Fsp3) is 0.286. The van der Waals surface area contributed by atoms with Gasteiger partial charge in [-0.05, 0) is 61.4 Å². The number of nitrogens with zero attached hydrogens (tertiary/aromatic N) is 2. The molecular weight excluding hydrogens is 412 g/mol. The van der Waals surface area contributed by atoms with E-state index in [2.05, 4.69) is 6.92 Å². The molecule has 0 aromatic heterocycles. The molecule has 1 aliphatic rings. The van der Waals surface area contributed by atoms with Crippen LogP contribution < -0.4 is 14.5 Å². The number of methoxy groups -OCH3 is 1. The van der Waals surface area contributed by atoms with Gasteiger partial charge in [0, 0.05) is 28.9 Å². The van der Waals surface area contributed by atoms with Crippen molar-refractivity contribution in [3.8, 4) is 5.75 Å². The van der Waals surface area contributed by atoms with Crippen LogP contribution in [-0.2, 0) is 4.79 Å². The Hall–Kier alpha value is -3.60. The molecule has 3 aromatic carbocycles. The smallest absolute Gasteiger partial charge is 0.258 e. The van der Waals surface area contributed by atoms with Crippen LogP contribution >= 0.6 is 0 Å². The van der Waals surface area contributed by atoms with E-state index in [1.165, 1.54) is 0 Å². The summed E-state index contributed by atoms with van der Waals surface area (Å²) in [5, 5.41) is 0. The number of carbonyl (C=O) groups excluding carboxylic acids is 2. The first-order chi connectivity index (χ1) is 15.9. The number of ether oxygens (including phenoxy) is 1. The number of hydrogen-bond donors (Lipinski definition) is 0. The van der Waals surface area contributed by atoms with Gasteiger partial charge in [-0.2, -0.15) is 0 Å². The van der Waals surface area contributed by atoms with Crippen molar-refractivity contribution in [2.45, 2.75) is 39.3 Å². The molecule has 0 radical (unpaired) electrons. The maximum Gasteiger partial charge on any atom is 0.258 e. The molecule has 0 bridgehead atoms. The summed E-state index contributed by atoms with van der Waals surface area (Å²) in [6, 6.07) is 24.6. The van der Waals surface area contributed by atoms with E-state index in [0.717, 1.165) is 22.7 Å². The van der Waals surface area contributed by atoms with Crippen molar-refractivity contribution in [2.75, 3.05) is 16.9 Å². The van der Waals surface area contributed by atoms with Crippen molar-refractivity contribution in [1.29, 1.82) is 0 Å². The van der Waals surface area contributed by atoms with Crippen molar-refractivity contribution in [2.24, 2.45) is 5.92 Å². The standard InChI is InChI=1S/C28H30N2O3/c1-19(2)27(31)29-20(3)18-26(24-12-8-9-13-25(24)29)30(22-14-16-23(33-4)17-15-22)28(32)21-10-6-5-7-11-21/h5-17,19-20,26H,18H2,1-4H3. The number of para-hydroxylation sites is 1. The van der Waals surface area contributed by atoms with Crippen LogP contribution in [0, 0.1) is 5.92 Å². The second kappa shape index (κ2) is 9.49. The zero-order valence-electron chi connectivity index (χ0n) is 19.6. The lowest BCUT2D eigenvalue weighted by Crippen LogP contribution is -2.49. The van der Waals surface area contributed by atoms with Crippen LogP contribution in [0.4, 0.5) is 11.4 Å². The van der Waals surface area contributed by atoms with Gasteiger partial charge in [-0.25, -0.2) is 0 Å². The molecule has 1 heterocycles. The molecule has 4 rings (SSSR count). The molecule has 0 spiro atoms. The fourth-order valence-electron chi connectivity index (χ4n) is 4.54. The van der Waals surface area contributed by atoms with Crippen LogP contribution in [0.3, 0.4) is 0 Å². The normalized spacial score (nSPS) is 17.4. The quantitative estimate of drug-likeness (QED) is 0.497. The Morgan fingerprint density at radius 1 is 0.939 bits per heavy atom. The molecule has 5 heteroatoms. The number of hydrogen-bond acceptors (Lipinski definition) is 3. The predicted molar refractivity (Wildman–Crippen MR) is 132 cm³/mol.